The zero-order valence-corrected chi connectivity index (χ0v) is 12.0. The van der Waals surface area contributed by atoms with E-state index in [0.29, 0.717) is 5.89 Å². The predicted octanol–water partition coefficient (Wildman–Crippen LogP) is 2.26. The van der Waals surface area contributed by atoms with Crippen molar-refractivity contribution in [2.45, 2.75) is 19.9 Å². The molecule has 1 aliphatic rings. The fourth-order valence-corrected chi connectivity index (χ4v) is 2.64. The Labute approximate surface area is 119 Å². The van der Waals surface area contributed by atoms with Gasteiger partial charge in [0.2, 0.25) is 11.8 Å². The molecule has 0 bridgehead atoms. The predicted molar refractivity (Wildman–Crippen MR) is 77.7 cm³/mol. The molecule has 0 aliphatic carbocycles. The summed E-state index contributed by atoms with van der Waals surface area (Å²) in [5, 5.41) is 8.04. The van der Waals surface area contributed by atoms with Crippen molar-refractivity contribution in [3.8, 4) is 0 Å². The van der Waals surface area contributed by atoms with Gasteiger partial charge in [-0.25, -0.2) is 0 Å². The van der Waals surface area contributed by atoms with Gasteiger partial charge in [-0.3, -0.25) is 4.90 Å². The molecule has 1 fully saturated rings. The molecule has 2 aromatic rings. The van der Waals surface area contributed by atoms with Crippen molar-refractivity contribution < 1.29 is 4.42 Å². The van der Waals surface area contributed by atoms with Crippen molar-refractivity contribution in [1.82, 2.24) is 15.1 Å². The molecular weight excluding hydrogens is 252 g/mol. The summed E-state index contributed by atoms with van der Waals surface area (Å²) in [5.41, 5.74) is 1.30. The zero-order chi connectivity index (χ0) is 13.9. The maximum absolute atomic E-state index is 5.53. The van der Waals surface area contributed by atoms with Gasteiger partial charge in [-0.05, 0) is 19.1 Å². The summed E-state index contributed by atoms with van der Waals surface area (Å²) in [4.78, 5) is 4.81. The Morgan fingerprint density at radius 1 is 1.05 bits per heavy atom. The fraction of sp³-hybridized carbons (Fsp3) is 0.467. The number of aromatic nitrogens is 2. The molecule has 0 radical (unpaired) electrons. The summed E-state index contributed by atoms with van der Waals surface area (Å²) in [6.07, 6.45) is 0. The third-order valence-corrected chi connectivity index (χ3v) is 3.88. The third-order valence-electron chi connectivity index (χ3n) is 3.88. The first-order valence-corrected chi connectivity index (χ1v) is 7.08. The SMILES string of the molecule is Cc1nnc([C@@H](C)N2CCN(c3ccccc3)CC2)o1. The smallest absolute Gasteiger partial charge is 0.233 e. The highest BCUT2D eigenvalue weighted by atomic mass is 16.4. The van der Waals surface area contributed by atoms with Crippen LogP contribution in [0.3, 0.4) is 0 Å². The lowest BCUT2D eigenvalue weighted by Crippen LogP contribution is -2.47. The van der Waals surface area contributed by atoms with Gasteiger partial charge in [-0.15, -0.1) is 10.2 Å². The van der Waals surface area contributed by atoms with Gasteiger partial charge in [0.25, 0.3) is 0 Å². The lowest BCUT2D eigenvalue weighted by molar-refractivity contribution is 0.172. The first-order chi connectivity index (χ1) is 9.74. The number of hydrogen-bond acceptors (Lipinski definition) is 5. The zero-order valence-electron chi connectivity index (χ0n) is 12.0. The number of nitrogens with zero attached hydrogens (tertiary/aromatic N) is 4. The Bertz CT molecular complexity index is 546. The van der Waals surface area contributed by atoms with E-state index in [1.54, 1.807) is 0 Å². The Kier molecular flexibility index (Phi) is 3.69. The first kappa shape index (κ1) is 13.1. The average molecular weight is 272 g/mol. The maximum Gasteiger partial charge on any atom is 0.233 e. The molecule has 1 saturated heterocycles. The number of aryl methyl sites for hydroxylation is 1. The topological polar surface area (TPSA) is 45.4 Å². The summed E-state index contributed by atoms with van der Waals surface area (Å²) < 4.78 is 5.53. The van der Waals surface area contributed by atoms with Crippen LogP contribution in [0.1, 0.15) is 24.7 Å². The lowest BCUT2D eigenvalue weighted by atomic mass is 10.2. The van der Waals surface area contributed by atoms with Crippen molar-refractivity contribution in [1.29, 1.82) is 0 Å². The maximum atomic E-state index is 5.53. The quantitative estimate of drug-likeness (QED) is 0.857. The Morgan fingerprint density at radius 3 is 2.35 bits per heavy atom. The Hall–Kier alpha value is -1.88. The van der Waals surface area contributed by atoms with Gasteiger partial charge in [0.05, 0.1) is 6.04 Å². The minimum absolute atomic E-state index is 0.189. The van der Waals surface area contributed by atoms with Crippen LogP contribution in [0.15, 0.2) is 34.7 Å². The monoisotopic (exact) mass is 272 g/mol. The average Bonchev–Trinajstić information content (AvgIpc) is 2.94. The van der Waals surface area contributed by atoms with Crippen LogP contribution >= 0.6 is 0 Å². The van der Waals surface area contributed by atoms with Crippen molar-refractivity contribution in [3.63, 3.8) is 0 Å². The molecule has 0 amide bonds. The second-order valence-electron chi connectivity index (χ2n) is 5.19. The van der Waals surface area contributed by atoms with Crippen LogP contribution in [-0.2, 0) is 0 Å². The summed E-state index contributed by atoms with van der Waals surface area (Å²) >= 11 is 0. The van der Waals surface area contributed by atoms with Crippen LogP contribution < -0.4 is 4.90 Å². The normalized spacial score (nSPS) is 18.2. The summed E-state index contributed by atoms with van der Waals surface area (Å²) in [6, 6.07) is 10.8. The van der Waals surface area contributed by atoms with Crippen LogP contribution in [0.25, 0.3) is 0 Å². The standard InChI is InChI=1S/C15H20N4O/c1-12(15-17-16-13(2)20-15)18-8-10-19(11-9-18)14-6-4-3-5-7-14/h3-7,12H,8-11H2,1-2H3/t12-/m1/s1. The summed E-state index contributed by atoms with van der Waals surface area (Å²) in [6.45, 7) is 8.04. The Morgan fingerprint density at radius 2 is 1.75 bits per heavy atom. The van der Waals surface area contributed by atoms with Gasteiger partial charge in [-0.1, -0.05) is 18.2 Å². The van der Waals surface area contributed by atoms with E-state index in [1.165, 1.54) is 5.69 Å². The molecule has 1 aliphatic heterocycles. The second-order valence-corrected chi connectivity index (χ2v) is 5.19. The summed E-state index contributed by atoms with van der Waals surface area (Å²) in [7, 11) is 0. The molecule has 1 aromatic carbocycles. The molecule has 20 heavy (non-hydrogen) atoms. The van der Waals surface area contributed by atoms with Crippen molar-refractivity contribution in [2.24, 2.45) is 0 Å². The molecule has 0 saturated carbocycles. The molecule has 5 heteroatoms. The van der Waals surface area contributed by atoms with Gasteiger partial charge in [0.15, 0.2) is 0 Å². The van der Waals surface area contributed by atoms with E-state index >= 15 is 0 Å². The van der Waals surface area contributed by atoms with E-state index in [2.05, 4.69) is 57.3 Å². The lowest BCUT2D eigenvalue weighted by Gasteiger charge is -2.38. The molecule has 3 rings (SSSR count). The molecule has 0 unspecified atom stereocenters. The van der Waals surface area contributed by atoms with Crippen LogP contribution in [-0.4, -0.2) is 41.3 Å². The van der Waals surface area contributed by atoms with Gasteiger partial charge in [0.1, 0.15) is 0 Å². The van der Waals surface area contributed by atoms with Crippen molar-refractivity contribution in [3.05, 3.63) is 42.1 Å². The molecule has 5 nitrogen and oxygen atoms in total. The molecule has 1 atom stereocenters. The number of piperazine rings is 1. The van der Waals surface area contributed by atoms with E-state index in [0.717, 1.165) is 32.1 Å². The minimum atomic E-state index is 0.189. The van der Waals surface area contributed by atoms with Crippen LogP contribution in [0.2, 0.25) is 0 Å². The highest BCUT2D eigenvalue weighted by Crippen LogP contribution is 2.22. The van der Waals surface area contributed by atoms with E-state index in [1.807, 2.05) is 6.92 Å². The van der Waals surface area contributed by atoms with Gasteiger partial charge in [0, 0.05) is 38.8 Å². The largest absolute Gasteiger partial charge is 0.424 e. The van der Waals surface area contributed by atoms with Gasteiger partial charge in [-0.2, -0.15) is 0 Å². The van der Waals surface area contributed by atoms with E-state index in [9.17, 15) is 0 Å². The van der Waals surface area contributed by atoms with Crippen LogP contribution in [0.4, 0.5) is 5.69 Å². The molecule has 0 spiro atoms. The summed E-state index contributed by atoms with van der Waals surface area (Å²) in [5.74, 6) is 1.35. The van der Waals surface area contributed by atoms with E-state index < -0.39 is 0 Å². The van der Waals surface area contributed by atoms with E-state index in [4.69, 9.17) is 4.42 Å². The number of benzene rings is 1. The molecule has 1 aromatic heterocycles. The minimum Gasteiger partial charge on any atom is -0.424 e. The number of rotatable bonds is 3. The number of anilines is 1. The number of hydrogen-bond donors (Lipinski definition) is 0. The molecule has 0 N–H and O–H groups in total. The second kappa shape index (κ2) is 5.63. The molecular formula is C15H20N4O. The van der Waals surface area contributed by atoms with Gasteiger partial charge < -0.3 is 9.32 Å². The highest BCUT2D eigenvalue weighted by molar-refractivity contribution is 5.46. The van der Waals surface area contributed by atoms with Crippen molar-refractivity contribution in [2.75, 3.05) is 31.1 Å². The van der Waals surface area contributed by atoms with Crippen LogP contribution in [0.5, 0.6) is 0 Å². The molecule has 2 heterocycles. The first-order valence-electron chi connectivity index (χ1n) is 7.08. The number of para-hydroxylation sites is 1. The molecule has 106 valence electrons. The Balaban J connectivity index is 1.61. The third kappa shape index (κ3) is 2.67. The fourth-order valence-electron chi connectivity index (χ4n) is 2.64. The van der Waals surface area contributed by atoms with E-state index in [-0.39, 0.29) is 6.04 Å². The highest BCUT2D eigenvalue weighted by Gasteiger charge is 2.25. The van der Waals surface area contributed by atoms with Crippen molar-refractivity contribution >= 4 is 5.69 Å². The van der Waals surface area contributed by atoms with Gasteiger partial charge >= 0.3 is 0 Å². The van der Waals surface area contributed by atoms with Crippen LogP contribution in [0, 0.1) is 6.92 Å².